The molecule has 0 aromatic heterocycles. The number of nitrogens with one attached hydrogen (secondary N) is 1. The lowest BCUT2D eigenvalue weighted by atomic mass is 10.1. The Morgan fingerprint density at radius 1 is 1.11 bits per heavy atom. The highest BCUT2D eigenvalue weighted by molar-refractivity contribution is 7.92. The Hall–Kier alpha value is -2.78. The number of halogens is 1. The van der Waals surface area contributed by atoms with Gasteiger partial charge in [0, 0.05) is 26.1 Å². The first kappa shape index (κ1) is 30.4. The van der Waals surface area contributed by atoms with Crippen LogP contribution in [-0.4, -0.2) is 57.6 Å². The molecule has 1 atom stereocenters. The topological polar surface area (TPSA) is 96.0 Å². The zero-order valence-electron chi connectivity index (χ0n) is 22.3. The van der Waals surface area contributed by atoms with Crippen molar-refractivity contribution < 1.29 is 22.7 Å². The van der Waals surface area contributed by atoms with Crippen molar-refractivity contribution in [2.24, 2.45) is 0 Å². The van der Waals surface area contributed by atoms with E-state index in [0.717, 1.165) is 23.8 Å². The number of methoxy groups -OCH3 is 1. The summed E-state index contributed by atoms with van der Waals surface area (Å²) in [6, 6.07) is 12.0. The van der Waals surface area contributed by atoms with Crippen LogP contribution in [0.4, 0.5) is 5.69 Å². The second-order valence-electron chi connectivity index (χ2n) is 8.98. The highest BCUT2D eigenvalue weighted by Gasteiger charge is 2.28. The van der Waals surface area contributed by atoms with Crippen LogP contribution in [0, 0.1) is 6.92 Å². The van der Waals surface area contributed by atoms with E-state index in [1.54, 1.807) is 17.0 Å². The van der Waals surface area contributed by atoms with Crippen molar-refractivity contribution in [2.75, 3.05) is 30.8 Å². The summed E-state index contributed by atoms with van der Waals surface area (Å²) in [5.41, 5.74) is 2.42. The summed E-state index contributed by atoms with van der Waals surface area (Å²) in [5.74, 6) is 0.0449. The predicted octanol–water partition coefficient (Wildman–Crippen LogP) is 4.54. The highest BCUT2D eigenvalue weighted by atomic mass is 35.5. The molecule has 0 bridgehead atoms. The molecular formula is C27H38ClN3O5S. The van der Waals surface area contributed by atoms with Gasteiger partial charge in [-0.25, -0.2) is 8.42 Å². The van der Waals surface area contributed by atoms with Crippen LogP contribution in [0.5, 0.6) is 5.75 Å². The molecule has 0 aliphatic carbocycles. The van der Waals surface area contributed by atoms with Crippen LogP contribution in [0.25, 0.3) is 0 Å². The summed E-state index contributed by atoms with van der Waals surface area (Å²) in [5, 5.41) is 3.19. The van der Waals surface area contributed by atoms with Crippen LogP contribution in [0.1, 0.15) is 50.7 Å². The molecule has 0 unspecified atom stereocenters. The molecule has 2 rings (SSSR count). The maximum Gasteiger partial charge on any atom is 0.242 e. The second-order valence-corrected chi connectivity index (χ2v) is 11.3. The normalized spacial score (nSPS) is 12.1. The number of ether oxygens (including phenoxy) is 1. The molecule has 0 aliphatic heterocycles. The maximum atomic E-state index is 13.4. The number of rotatable bonds is 14. The molecule has 2 aromatic rings. The van der Waals surface area contributed by atoms with E-state index in [1.165, 1.54) is 17.5 Å². The van der Waals surface area contributed by atoms with Crippen molar-refractivity contribution in [3.63, 3.8) is 0 Å². The molecule has 37 heavy (non-hydrogen) atoms. The van der Waals surface area contributed by atoms with Gasteiger partial charge < -0.3 is 15.0 Å². The number of hydrogen-bond donors (Lipinski definition) is 1. The van der Waals surface area contributed by atoms with E-state index in [4.69, 9.17) is 16.3 Å². The van der Waals surface area contributed by atoms with E-state index in [9.17, 15) is 18.0 Å². The van der Waals surface area contributed by atoms with Crippen molar-refractivity contribution in [2.45, 2.75) is 59.0 Å². The fraction of sp³-hybridized carbons (Fsp3) is 0.481. The van der Waals surface area contributed by atoms with E-state index in [0.29, 0.717) is 30.9 Å². The van der Waals surface area contributed by atoms with E-state index < -0.39 is 16.1 Å². The van der Waals surface area contributed by atoms with Gasteiger partial charge in [-0.3, -0.25) is 13.9 Å². The molecule has 0 heterocycles. The van der Waals surface area contributed by atoms with Crippen LogP contribution >= 0.6 is 11.6 Å². The zero-order chi connectivity index (χ0) is 27.6. The molecule has 0 radical (unpaired) electrons. The maximum absolute atomic E-state index is 13.4. The molecule has 0 spiro atoms. The molecule has 0 aliphatic rings. The first-order chi connectivity index (χ1) is 17.5. The third-order valence-corrected chi connectivity index (χ3v) is 7.47. The van der Waals surface area contributed by atoms with Gasteiger partial charge in [0.15, 0.2) is 0 Å². The Kier molecular flexibility index (Phi) is 11.7. The average molecular weight is 552 g/mol. The monoisotopic (exact) mass is 551 g/mol. The fourth-order valence-electron chi connectivity index (χ4n) is 3.99. The third kappa shape index (κ3) is 8.93. The number of aryl methyl sites for hydroxylation is 1. The molecule has 0 saturated carbocycles. The number of amides is 2. The van der Waals surface area contributed by atoms with Crippen LogP contribution in [0.3, 0.4) is 0 Å². The smallest absolute Gasteiger partial charge is 0.242 e. The summed E-state index contributed by atoms with van der Waals surface area (Å²) in [6.45, 7) is 6.76. The van der Waals surface area contributed by atoms with Gasteiger partial charge in [0.2, 0.25) is 21.8 Å². The van der Waals surface area contributed by atoms with E-state index in [2.05, 4.69) is 5.32 Å². The quantitative estimate of drug-likeness (QED) is 0.372. The van der Waals surface area contributed by atoms with Crippen molar-refractivity contribution in [1.29, 1.82) is 0 Å². The number of carbonyl (C=O) groups excluding carboxylic acids is 2. The summed E-state index contributed by atoms with van der Waals surface area (Å²) in [6.07, 6.45) is 2.73. The summed E-state index contributed by atoms with van der Waals surface area (Å²) >= 11 is 6.21. The van der Waals surface area contributed by atoms with Gasteiger partial charge in [-0.15, -0.1) is 0 Å². The van der Waals surface area contributed by atoms with E-state index in [1.807, 2.05) is 45.0 Å². The van der Waals surface area contributed by atoms with Gasteiger partial charge in [-0.1, -0.05) is 55.3 Å². The predicted molar refractivity (Wildman–Crippen MR) is 149 cm³/mol. The molecule has 1 N–H and O–H groups in total. The summed E-state index contributed by atoms with van der Waals surface area (Å²) in [4.78, 5) is 27.9. The Bertz CT molecular complexity index is 1160. The zero-order valence-corrected chi connectivity index (χ0v) is 23.9. The molecule has 2 aromatic carbocycles. The van der Waals surface area contributed by atoms with E-state index >= 15 is 0 Å². The molecule has 0 saturated heterocycles. The van der Waals surface area contributed by atoms with Gasteiger partial charge in [-0.05, 0) is 49.9 Å². The Morgan fingerprint density at radius 2 is 1.78 bits per heavy atom. The lowest BCUT2D eigenvalue weighted by Gasteiger charge is -2.31. The van der Waals surface area contributed by atoms with Gasteiger partial charge >= 0.3 is 0 Å². The number of nitrogens with zero attached hydrogens (tertiary/aromatic N) is 2. The lowest BCUT2D eigenvalue weighted by molar-refractivity contribution is -0.141. The van der Waals surface area contributed by atoms with Crippen molar-refractivity contribution in [1.82, 2.24) is 10.2 Å². The van der Waals surface area contributed by atoms with E-state index in [-0.39, 0.29) is 36.2 Å². The van der Waals surface area contributed by atoms with Gasteiger partial charge in [-0.2, -0.15) is 0 Å². The number of hydrogen-bond acceptors (Lipinski definition) is 5. The van der Waals surface area contributed by atoms with Crippen LogP contribution in [0.15, 0.2) is 42.5 Å². The number of carbonyl (C=O) groups is 2. The Morgan fingerprint density at radius 3 is 2.32 bits per heavy atom. The minimum atomic E-state index is -3.62. The van der Waals surface area contributed by atoms with Crippen molar-refractivity contribution in [3.05, 3.63) is 58.6 Å². The standard InChI is InChI=1S/C27H38ClN3O5S/c1-6-16-29-27(33)24(7-2)30(19-21-12-10-20(3)11-13-21)26(32)9-8-17-31(37(5,34)35)22-14-15-25(36-4)23(28)18-22/h10-15,18,24H,6-9,16-17,19H2,1-5H3,(H,29,33)/t24-/m1/s1. The molecule has 10 heteroatoms. The number of sulfonamides is 1. The highest BCUT2D eigenvalue weighted by Crippen LogP contribution is 2.30. The van der Waals surface area contributed by atoms with Gasteiger partial charge in [0.05, 0.1) is 24.1 Å². The number of anilines is 1. The van der Waals surface area contributed by atoms with Crippen LogP contribution < -0.4 is 14.4 Å². The minimum Gasteiger partial charge on any atom is -0.495 e. The summed E-state index contributed by atoms with van der Waals surface area (Å²) in [7, 11) is -2.14. The minimum absolute atomic E-state index is 0.0827. The second kappa shape index (κ2) is 14.2. The third-order valence-electron chi connectivity index (χ3n) is 5.98. The Balaban J connectivity index is 2.21. The summed E-state index contributed by atoms with van der Waals surface area (Å²) < 4.78 is 31.4. The van der Waals surface area contributed by atoms with Crippen LogP contribution in [0.2, 0.25) is 5.02 Å². The molecule has 8 nitrogen and oxygen atoms in total. The van der Waals surface area contributed by atoms with Gasteiger partial charge in [0.25, 0.3) is 0 Å². The van der Waals surface area contributed by atoms with Gasteiger partial charge in [0.1, 0.15) is 11.8 Å². The van der Waals surface area contributed by atoms with Crippen LogP contribution in [-0.2, 0) is 26.2 Å². The average Bonchev–Trinajstić information content (AvgIpc) is 2.85. The van der Waals surface area contributed by atoms with Crippen molar-refractivity contribution >= 4 is 39.1 Å². The fourth-order valence-corrected chi connectivity index (χ4v) is 5.20. The SMILES string of the molecule is CCCNC(=O)[C@@H](CC)N(Cc1ccc(C)cc1)C(=O)CCCN(c1ccc(OC)c(Cl)c1)S(C)(=O)=O. The lowest BCUT2D eigenvalue weighted by Crippen LogP contribution is -2.49. The van der Waals surface area contributed by atoms with Crippen molar-refractivity contribution in [3.8, 4) is 5.75 Å². The number of benzene rings is 2. The molecular weight excluding hydrogens is 514 g/mol. The molecule has 204 valence electrons. The Labute approximate surface area is 226 Å². The molecule has 0 fully saturated rings. The largest absolute Gasteiger partial charge is 0.495 e. The first-order valence-corrected chi connectivity index (χ1v) is 14.7. The molecule has 2 amide bonds. The first-order valence-electron chi connectivity index (χ1n) is 12.5.